The van der Waals surface area contributed by atoms with Crippen LogP contribution in [0, 0.1) is 12.7 Å². The van der Waals surface area contributed by atoms with Gasteiger partial charge < -0.3 is 4.57 Å². The second-order valence-electron chi connectivity index (χ2n) is 6.36. The minimum Gasteiger partial charge on any atom is -0.319 e. The van der Waals surface area contributed by atoms with Crippen molar-refractivity contribution in [2.24, 2.45) is 0 Å². The minimum absolute atomic E-state index is 0.193. The number of aromatic nitrogens is 1. The Morgan fingerprint density at radius 1 is 1.29 bits per heavy atom. The van der Waals surface area contributed by atoms with Crippen molar-refractivity contribution < 1.29 is 4.39 Å². The van der Waals surface area contributed by atoms with Gasteiger partial charge in [-0.3, -0.25) is 4.90 Å². The average molecular weight is 340 g/mol. The molecule has 4 heteroatoms. The molecule has 0 saturated carbocycles. The lowest BCUT2D eigenvalue weighted by atomic mass is 10.1. The molecule has 0 aliphatic carbocycles. The average Bonchev–Trinajstić information content (AvgIpc) is 3.08. The molecule has 0 saturated heterocycles. The molecule has 2 nitrogen and oxygen atoms in total. The zero-order chi connectivity index (χ0) is 16.7. The first-order valence-corrected chi connectivity index (χ1v) is 9.25. The maximum absolute atomic E-state index is 13.4. The summed E-state index contributed by atoms with van der Waals surface area (Å²) >= 11 is 1.88. The molecule has 2 aromatic heterocycles. The molecular formula is C20H21FN2S. The Hall–Kier alpha value is -1.91. The van der Waals surface area contributed by atoms with Gasteiger partial charge in [0.25, 0.3) is 0 Å². The number of nitrogens with zero attached hydrogens (tertiary/aromatic N) is 2. The zero-order valence-corrected chi connectivity index (χ0v) is 14.9. The van der Waals surface area contributed by atoms with Crippen molar-refractivity contribution in [1.29, 1.82) is 0 Å². The van der Waals surface area contributed by atoms with E-state index in [1.807, 2.05) is 23.5 Å². The topological polar surface area (TPSA) is 8.17 Å². The number of halogens is 1. The highest BCUT2D eigenvalue weighted by Crippen LogP contribution is 2.36. The number of hydrogen-bond acceptors (Lipinski definition) is 2. The second-order valence-corrected chi connectivity index (χ2v) is 7.61. The van der Waals surface area contributed by atoms with E-state index in [1.165, 1.54) is 32.4 Å². The first kappa shape index (κ1) is 15.6. The monoisotopic (exact) mass is 340 g/mol. The Kier molecular flexibility index (Phi) is 4.02. The van der Waals surface area contributed by atoms with Crippen LogP contribution in [0.4, 0.5) is 4.39 Å². The minimum atomic E-state index is -0.193. The van der Waals surface area contributed by atoms with Crippen molar-refractivity contribution in [3.8, 4) is 0 Å². The van der Waals surface area contributed by atoms with Gasteiger partial charge in [0, 0.05) is 41.8 Å². The summed E-state index contributed by atoms with van der Waals surface area (Å²) in [6, 6.07) is 9.01. The van der Waals surface area contributed by atoms with Crippen molar-refractivity contribution in [1.82, 2.24) is 9.47 Å². The third-order valence-corrected chi connectivity index (χ3v) is 5.87. The summed E-state index contributed by atoms with van der Waals surface area (Å²) in [5.41, 5.74) is 5.06. The zero-order valence-electron chi connectivity index (χ0n) is 14.1. The van der Waals surface area contributed by atoms with Crippen molar-refractivity contribution in [3.63, 3.8) is 0 Å². The van der Waals surface area contributed by atoms with Crippen LogP contribution in [-0.2, 0) is 13.0 Å². The van der Waals surface area contributed by atoms with E-state index in [1.54, 1.807) is 12.1 Å². The highest BCUT2D eigenvalue weighted by molar-refractivity contribution is 7.19. The fourth-order valence-corrected chi connectivity index (χ4v) is 4.59. The number of hydrogen-bond donors (Lipinski definition) is 0. The number of thiophene rings is 1. The van der Waals surface area contributed by atoms with E-state index < -0.39 is 0 Å². The van der Waals surface area contributed by atoms with Gasteiger partial charge in [0.2, 0.25) is 0 Å². The van der Waals surface area contributed by atoms with Crippen LogP contribution in [0.15, 0.2) is 30.3 Å². The predicted octanol–water partition coefficient (Wildman–Crippen LogP) is 5.16. The third-order valence-electron chi connectivity index (χ3n) is 4.77. The van der Waals surface area contributed by atoms with Crippen LogP contribution >= 0.6 is 11.3 Å². The highest BCUT2D eigenvalue weighted by atomic mass is 32.1. The van der Waals surface area contributed by atoms with Crippen molar-refractivity contribution in [3.05, 3.63) is 57.8 Å². The van der Waals surface area contributed by atoms with Gasteiger partial charge in [-0.05, 0) is 43.3 Å². The summed E-state index contributed by atoms with van der Waals surface area (Å²) in [4.78, 5) is 3.83. The quantitative estimate of drug-likeness (QED) is 0.639. The fraction of sp³-hybridized carbons (Fsp3) is 0.300. The molecule has 24 heavy (non-hydrogen) atoms. The molecule has 0 radical (unpaired) electrons. The van der Waals surface area contributed by atoms with Crippen LogP contribution in [0.2, 0.25) is 0 Å². The van der Waals surface area contributed by atoms with Gasteiger partial charge in [-0.15, -0.1) is 11.3 Å². The molecule has 4 rings (SSSR count). The maximum atomic E-state index is 13.4. The number of aryl methyl sites for hydroxylation is 1. The van der Waals surface area contributed by atoms with Gasteiger partial charge >= 0.3 is 0 Å². The van der Waals surface area contributed by atoms with E-state index in [2.05, 4.69) is 35.6 Å². The van der Waals surface area contributed by atoms with E-state index in [0.717, 1.165) is 31.6 Å². The first-order valence-electron chi connectivity index (χ1n) is 8.44. The molecule has 0 fully saturated rings. The Bertz CT molecular complexity index is 919. The standard InChI is InChI=1S/C20H21FN2S/c1-3-22-9-8-18-17(13-22)20-19(11-14(2)24-20)23(18)10-7-15-5-4-6-16(21)12-15/h4-7,10-12H,3,8-9,13H2,1-2H3. The number of rotatable bonds is 3. The van der Waals surface area contributed by atoms with E-state index in [-0.39, 0.29) is 5.82 Å². The van der Waals surface area contributed by atoms with E-state index >= 15 is 0 Å². The number of likely N-dealkylation sites (N-methyl/N-ethyl adjacent to an activating group) is 1. The molecule has 3 aromatic rings. The Morgan fingerprint density at radius 3 is 2.96 bits per heavy atom. The lowest BCUT2D eigenvalue weighted by molar-refractivity contribution is 0.267. The predicted molar refractivity (Wildman–Crippen MR) is 101 cm³/mol. The molecule has 1 aliphatic heterocycles. The molecule has 1 aliphatic rings. The van der Waals surface area contributed by atoms with Crippen molar-refractivity contribution >= 4 is 33.8 Å². The number of fused-ring (bicyclic) bond motifs is 3. The molecule has 124 valence electrons. The van der Waals surface area contributed by atoms with Gasteiger partial charge in [0.1, 0.15) is 5.82 Å². The lowest BCUT2D eigenvalue weighted by Crippen LogP contribution is -2.30. The molecule has 0 unspecified atom stereocenters. The van der Waals surface area contributed by atoms with Crippen LogP contribution in [0.3, 0.4) is 0 Å². The summed E-state index contributed by atoms with van der Waals surface area (Å²) in [6.07, 6.45) is 5.17. The van der Waals surface area contributed by atoms with E-state index in [0.29, 0.717) is 0 Å². The van der Waals surface area contributed by atoms with E-state index in [4.69, 9.17) is 0 Å². The first-order chi connectivity index (χ1) is 11.7. The van der Waals surface area contributed by atoms with Gasteiger partial charge in [0.05, 0.1) is 10.2 Å². The van der Waals surface area contributed by atoms with Crippen LogP contribution in [0.1, 0.15) is 28.6 Å². The van der Waals surface area contributed by atoms with Gasteiger partial charge in [-0.1, -0.05) is 19.1 Å². The molecule has 0 bridgehead atoms. The van der Waals surface area contributed by atoms with Gasteiger partial charge in [-0.2, -0.15) is 0 Å². The summed E-state index contributed by atoms with van der Waals surface area (Å²) in [5, 5.41) is 0. The number of benzene rings is 1. The normalized spacial score (nSPS) is 15.5. The Balaban J connectivity index is 1.80. The van der Waals surface area contributed by atoms with Crippen LogP contribution in [0.5, 0.6) is 0 Å². The largest absolute Gasteiger partial charge is 0.319 e. The molecule has 0 atom stereocenters. The molecule has 0 amide bonds. The molecular weight excluding hydrogens is 319 g/mol. The summed E-state index contributed by atoms with van der Waals surface area (Å²) in [6.45, 7) is 7.62. The van der Waals surface area contributed by atoms with Crippen LogP contribution in [-0.4, -0.2) is 22.6 Å². The molecule has 0 spiro atoms. The Labute approximate surface area is 145 Å². The smallest absolute Gasteiger partial charge is 0.123 e. The summed E-state index contributed by atoms with van der Waals surface area (Å²) in [5.74, 6) is -0.193. The fourth-order valence-electron chi connectivity index (χ4n) is 3.53. The van der Waals surface area contributed by atoms with Crippen LogP contribution in [0.25, 0.3) is 22.5 Å². The molecule has 1 aromatic carbocycles. The summed E-state index contributed by atoms with van der Waals surface area (Å²) in [7, 11) is 0. The molecule has 0 N–H and O–H groups in total. The lowest BCUT2D eigenvalue weighted by Gasteiger charge is -2.26. The SMILES string of the molecule is CCN1CCc2c(c3sc(C)cc3n2C=Cc2cccc(F)c2)C1. The third kappa shape index (κ3) is 2.70. The second kappa shape index (κ2) is 6.19. The van der Waals surface area contributed by atoms with Gasteiger partial charge in [0.15, 0.2) is 0 Å². The van der Waals surface area contributed by atoms with E-state index in [9.17, 15) is 4.39 Å². The maximum Gasteiger partial charge on any atom is 0.123 e. The highest BCUT2D eigenvalue weighted by Gasteiger charge is 2.23. The summed E-state index contributed by atoms with van der Waals surface area (Å²) < 4.78 is 17.1. The van der Waals surface area contributed by atoms with Crippen molar-refractivity contribution in [2.45, 2.75) is 26.8 Å². The van der Waals surface area contributed by atoms with Crippen LogP contribution < -0.4 is 0 Å². The van der Waals surface area contributed by atoms with Crippen molar-refractivity contribution in [2.75, 3.05) is 13.1 Å². The molecule has 3 heterocycles. The van der Waals surface area contributed by atoms with Gasteiger partial charge in [-0.25, -0.2) is 4.39 Å². The Morgan fingerprint density at radius 2 is 2.17 bits per heavy atom.